The van der Waals surface area contributed by atoms with Gasteiger partial charge in [0.25, 0.3) is 0 Å². The van der Waals surface area contributed by atoms with Gasteiger partial charge in [-0.15, -0.1) is 11.3 Å². The van der Waals surface area contributed by atoms with Crippen LogP contribution >= 0.6 is 11.3 Å². The summed E-state index contributed by atoms with van der Waals surface area (Å²) >= 11 is 1.78. The second kappa shape index (κ2) is 24.7. The van der Waals surface area contributed by atoms with Gasteiger partial charge >= 0.3 is 0 Å². The van der Waals surface area contributed by atoms with Gasteiger partial charge in [-0.25, -0.2) is 29.9 Å². The van der Waals surface area contributed by atoms with E-state index in [0.717, 1.165) is 148 Å². The molecule has 5 heterocycles. The summed E-state index contributed by atoms with van der Waals surface area (Å²) in [7, 11) is 0. The molecular weight excluding hydrogens is 1420 g/mol. The maximum absolute atomic E-state index is 7.00. The van der Waals surface area contributed by atoms with Crippen LogP contribution in [-0.4, -0.2) is 29.9 Å². The quantitative estimate of drug-likeness (QED) is 0.133. The predicted molar refractivity (Wildman–Crippen MR) is 474 cm³/mol. The van der Waals surface area contributed by atoms with Crippen LogP contribution in [0, 0.1) is 0 Å². The average Bonchev–Trinajstić information content (AvgIpc) is 1.55. The van der Waals surface area contributed by atoms with Crippen LogP contribution in [0.15, 0.2) is 361 Å². The monoisotopic (exact) mass is 1480 g/mol. The maximum atomic E-state index is 7.00. The largest absolute Gasteiger partial charge is 0.455 e. The molecule has 0 N–H and O–H groups in total. The van der Waals surface area contributed by atoms with Crippen LogP contribution in [0.2, 0.25) is 0 Å². The number of rotatable bonds is 10. The van der Waals surface area contributed by atoms with E-state index in [4.69, 9.17) is 38.7 Å². The number of aromatic nitrogens is 6. The van der Waals surface area contributed by atoms with Gasteiger partial charge in [-0.3, -0.25) is 0 Å². The summed E-state index contributed by atoms with van der Waals surface area (Å²) < 4.78 is 16.0. The molecule has 18 aromatic carbocycles. The smallest absolute Gasteiger partial charge is 0.164 e. The van der Waals surface area contributed by atoms with Gasteiger partial charge in [0, 0.05) is 97.0 Å². The van der Waals surface area contributed by atoms with Crippen molar-refractivity contribution in [3.63, 3.8) is 0 Å². The standard InChI is InChI=1S/C106H58N6O2S/c1-3-17-67-53-70(47-37-59(67)15-1)62-35-43-65(44-36-62)102-107-103(112-106(111-102)86-30-14-32-91-94(86)89-56-72-21-12-28-81-77-22-5-7-25-82(77)96(93(72)81)99(89)114-91)66-45-39-63(40-46-66)76-27-13-29-85-80-50-49-74(57-92(80)115-100(76)85)105-109-101(108-104(110-105)73-48-38-60-16-2-4-18-68(60)55-73)64-41-33-61(34-42-64)69-19-11-20-71(54-69)75-51-52-84-78-23-6-8-26-83(78)97-95(84)87(75)58-88-79-24-9-10-31-90(79)113-98(88)97/h1-58H. The van der Waals surface area contributed by atoms with Crippen LogP contribution in [0.3, 0.4) is 0 Å². The molecule has 8 nitrogen and oxygen atoms in total. The molecule has 0 radical (unpaired) electrons. The Kier molecular flexibility index (Phi) is 13.6. The summed E-state index contributed by atoms with van der Waals surface area (Å²) in [6.45, 7) is 0. The lowest BCUT2D eigenvalue weighted by Gasteiger charge is -2.12. The normalized spacial score (nSPS) is 12.2. The fraction of sp³-hybridized carbons (Fsp3) is 0. The third kappa shape index (κ3) is 9.91. The van der Waals surface area contributed by atoms with Gasteiger partial charge in [0.05, 0.1) is 0 Å². The molecule has 23 aromatic rings. The highest BCUT2D eigenvalue weighted by Gasteiger charge is 2.31. The second-order valence-corrected chi connectivity index (χ2v) is 31.3. The van der Waals surface area contributed by atoms with Crippen LogP contribution < -0.4 is 0 Å². The highest BCUT2D eigenvalue weighted by atomic mass is 32.1. The molecular formula is C106H58N6O2S. The maximum Gasteiger partial charge on any atom is 0.164 e. The second-order valence-electron chi connectivity index (χ2n) is 30.3. The van der Waals surface area contributed by atoms with Crippen LogP contribution in [0.1, 0.15) is 0 Å². The SMILES string of the molecule is c1cc(-c2ccc(-c3nc(-c4ccc5ccccc5c4)nc(-c4ccc5c(c4)sc4c(-c6ccc(-c7nc(-c8ccc(-c9ccc%10ccccc%10c9)cc8)nc(-c8cccc9oc%10c%11c%12c(cccc%12cc%10c89)-c8ccccc8-%11)n7)cc6)cccc45)n3)cc2)cc(-c2ccc3c4c(c5oc6ccccc6c5cc24)-c2ccccc2-3)c1. The fourth-order valence-electron chi connectivity index (χ4n) is 18.4. The summed E-state index contributed by atoms with van der Waals surface area (Å²) in [5, 5.41) is 16.1. The number of thiophene rings is 1. The highest BCUT2D eigenvalue weighted by molar-refractivity contribution is 7.26. The average molecular weight is 1480 g/mol. The Morgan fingerprint density at radius 1 is 0.191 bits per heavy atom. The van der Waals surface area contributed by atoms with E-state index in [1.54, 1.807) is 11.3 Å². The molecule has 530 valence electrons. The van der Waals surface area contributed by atoms with E-state index in [0.29, 0.717) is 34.9 Å². The first-order valence-electron chi connectivity index (χ1n) is 38.8. The zero-order chi connectivity index (χ0) is 75.1. The minimum absolute atomic E-state index is 0.560. The first kappa shape index (κ1) is 63.6. The fourth-order valence-corrected chi connectivity index (χ4v) is 19.6. The molecule has 0 atom stereocenters. The van der Waals surface area contributed by atoms with Crippen LogP contribution in [0.25, 0.3) is 264 Å². The van der Waals surface area contributed by atoms with Gasteiger partial charge in [-0.05, 0) is 159 Å². The van der Waals surface area contributed by atoms with E-state index in [1.807, 2.05) is 12.1 Å². The van der Waals surface area contributed by atoms with Crippen LogP contribution in [-0.2, 0) is 0 Å². The van der Waals surface area contributed by atoms with E-state index in [9.17, 15) is 0 Å². The number of hydrogen-bond acceptors (Lipinski definition) is 9. The zero-order valence-corrected chi connectivity index (χ0v) is 62.2. The lowest BCUT2D eigenvalue weighted by atomic mass is 9.91. The summed E-state index contributed by atoms with van der Waals surface area (Å²) in [5.74, 6) is 3.49. The predicted octanol–water partition coefficient (Wildman–Crippen LogP) is 28.8. The lowest BCUT2D eigenvalue weighted by molar-refractivity contribution is 0.670. The highest BCUT2D eigenvalue weighted by Crippen LogP contribution is 2.56. The molecule has 0 amide bonds. The van der Waals surface area contributed by atoms with Gasteiger partial charge in [0.2, 0.25) is 0 Å². The zero-order valence-electron chi connectivity index (χ0n) is 61.4. The Morgan fingerprint density at radius 3 is 1.34 bits per heavy atom. The summed E-state index contributed by atoms with van der Waals surface area (Å²) in [6, 6.07) is 126. The number of hydrogen-bond donors (Lipinski definition) is 0. The molecule has 0 aliphatic heterocycles. The van der Waals surface area contributed by atoms with Crippen molar-refractivity contribution in [2.45, 2.75) is 0 Å². The lowest BCUT2D eigenvalue weighted by Crippen LogP contribution is -2.00. The first-order chi connectivity index (χ1) is 56.9. The topological polar surface area (TPSA) is 104 Å². The summed E-state index contributed by atoms with van der Waals surface area (Å²) in [4.78, 5) is 32.1. The molecule has 0 fully saturated rings. The molecule has 2 aliphatic carbocycles. The Bertz CT molecular complexity index is 8160. The Labute approximate surface area is 661 Å². The van der Waals surface area contributed by atoms with E-state index in [2.05, 4.69) is 340 Å². The van der Waals surface area contributed by atoms with Crippen molar-refractivity contribution < 1.29 is 8.83 Å². The molecule has 0 saturated heterocycles. The molecule has 0 saturated carbocycles. The number of benzene rings is 18. The van der Waals surface area contributed by atoms with Crippen molar-refractivity contribution >= 4 is 118 Å². The summed E-state index contributed by atoms with van der Waals surface area (Å²) in [5.41, 5.74) is 27.4. The van der Waals surface area contributed by atoms with Crippen molar-refractivity contribution in [1.29, 1.82) is 0 Å². The van der Waals surface area contributed by atoms with E-state index >= 15 is 0 Å². The van der Waals surface area contributed by atoms with Crippen LogP contribution in [0.5, 0.6) is 0 Å². The number of para-hydroxylation sites is 1. The van der Waals surface area contributed by atoms with Crippen molar-refractivity contribution in [2.24, 2.45) is 0 Å². The van der Waals surface area contributed by atoms with Gasteiger partial charge < -0.3 is 8.83 Å². The van der Waals surface area contributed by atoms with Crippen molar-refractivity contribution in [2.75, 3.05) is 0 Å². The molecule has 0 unspecified atom stereocenters. The van der Waals surface area contributed by atoms with Gasteiger partial charge in [0.1, 0.15) is 22.3 Å². The van der Waals surface area contributed by atoms with E-state index in [1.165, 1.54) is 81.5 Å². The van der Waals surface area contributed by atoms with Gasteiger partial charge in [0.15, 0.2) is 34.9 Å². The number of nitrogens with zero attached hydrogens (tertiary/aromatic N) is 6. The molecule has 5 aromatic heterocycles. The number of fused-ring (bicyclic) bond motifs is 19. The van der Waals surface area contributed by atoms with Gasteiger partial charge in [-0.1, -0.05) is 303 Å². The molecule has 2 aliphatic rings. The first-order valence-corrected chi connectivity index (χ1v) is 39.7. The van der Waals surface area contributed by atoms with Gasteiger partial charge in [-0.2, -0.15) is 0 Å². The molecule has 0 spiro atoms. The van der Waals surface area contributed by atoms with Crippen molar-refractivity contribution in [3.05, 3.63) is 352 Å². The molecule has 115 heavy (non-hydrogen) atoms. The third-order valence-corrected chi connectivity index (χ3v) is 25.1. The van der Waals surface area contributed by atoms with E-state index in [-0.39, 0.29) is 0 Å². The Hall–Kier alpha value is -15.2. The van der Waals surface area contributed by atoms with Crippen molar-refractivity contribution in [1.82, 2.24) is 29.9 Å². The van der Waals surface area contributed by atoms with Crippen LogP contribution in [0.4, 0.5) is 0 Å². The Balaban J connectivity index is 0.566. The third-order valence-electron chi connectivity index (χ3n) is 23.9. The molecule has 9 heteroatoms. The minimum Gasteiger partial charge on any atom is -0.455 e. The number of furan rings is 2. The van der Waals surface area contributed by atoms with E-state index < -0.39 is 0 Å². The summed E-state index contributed by atoms with van der Waals surface area (Å²) in [6.07, 6.45) is 0. The molecule has 0 bridgehead atoms. The minimum atomic E-state index is 0.560. The Morgan fingerprint density at radius 2 is 0.635 bits per heavy atom. The van der Waals surface area contributed by atoms with Crippen molar-refractivity contribution in [3.8, 4) is 157 Å². The molecule has 25 rings (SSSR count).